The lowest BCUT2D eigenvalue weighted by atomic mass is 9.45. The van der Waals surface area contributed by atoms with Crippen LogP contribution in [0.15, 0.2) is 23.8 Å². The molecule has 0 aromatic rings. The van der Waals surface area contributed by atoms with E-state index in [2.05, 4.69) is 15.9 Å². The molecule has 0 heterocycles. The Kier molecular flexibility index (Phi) is 5.63. The summed E-state index contributed by atoms with van der Waals surface area (Å²) in [6.45, 7) is 6.26. The van der Waals surface area contributed by atoms with E-state index in [0.717, 1.165) is 0 Å². The van der Waals surface area contributed by atoms with Crippen molar-refractivity contribution < 1.29 is 28.6 Å². The lowest BCUT2D eigenvalue weighted by molar-refractivity contribution is -0.191. The minimum atomic E-state index is -2.03. The van der Waals surface area contributed by atoms with Gasteiger partial charge in [-0.1, -0.05) is 41.4 Å². The molecule has 0 aliphatic heterocycles. The number of allylic oxidation sites excluding steroid dienone is 4. The normalized spacial score (nSPS) is 49.6. The Balaban J connectivity index is 1.80. The first-order valence-electron chi connectivity index (χ1n) is 11.0. The van der Waals surface area contributed by atoms with Gasteiger partial charge in [-0.05, 0) is 55.6 Å². The smallest absolute Gasteiger partial charge is 0.303 e. The number of Topliss-reactive ketones (excluding diaryl/α,β-unsaturated/α-hetero) is 1. The van der Waals surface area contributed by atoms with Crippen LogP contribution in [0.5, 0.6) is 0 Å². The fourth-order valence-electron chi connectivity index (χ4n) is 7.32. The Morgan fingerprint density at radius 2 is 2.03 bits per heavy atom. The molecule has 4 rings (SSSR count). The first kappa shape index (κ1) is 24.1. The SMILES string of the molecule is CC(=O)OCC(=O)[C@@]1(Cl)[C@H](C)C[C@H]2[C@@H]3[C@H](Br)CC4=CC(=O)C=C[C@]4(C)[C@@]3(F)[C@@H](O)C[C@@]21C. The van der Waals surface area contributed by atoms with Crippen molar-refractivity contribution in [2.75, 3.05) is 6.61 Å². The van der Waals surface area contributed by atoms with Crippen LogP contribution in [0.25, 0.3) is 0 Å². The summed E-state index contributed by atoms with van der Waals surface area (Å²) >= 11 is 10.8. The fraction of sp³-hybridized carbons (Fsp3) is 0.708. The molecular weight excluding hydrogens is 503 g/mol. The van der Waals surface area contributed by atoms with Crippen LogP contribution in [0.1, 0.15) is 47.0 Å². The lowest BCUT2D eigenvalue weighted by Gasteiger charge is -2.63. The van der Waals surface area contributed by atoms with E-state index in [9.17, 15) is 19.5 Å². The molecule has 4 aliphatic rings. The molecule has 4 aliphatic carbocycles. The zero-order valence-electron chi connectivity index (χ0n) is 18.7. The van der Waals surface area contributed by atoms with Gasteiger partial charge in [0.1, 0.15) is 4.87 Å². The van der Waals surface area contributed by atoms with E-state index in [0.29, 0.717) is 18.4 Å². The van der Waals surface area contributed by atoms with Crippen molar-refractivity contribution in [1.82, 2.24) is 0 Å². The van der Waals surface area contributed by atoms with Crippen LogP contribution in [-0.2, 0) is 19.1 Å². The van der Waals surface area contributed by atoms with Crippen molar-refractivity contribution in [3.05, 3.63) is 23.8 Å². The van der Waals surface area contributed by atoms with Crippen molar-refractivity contribution in [3.63, 3.8) is 0 Å². The van der Waals surface area contributed by atoms with Gasteiger partial charge in [0, 0.05) is 23.1 Å². The third kappa shape index (κ3) is 2.86. The highest BCUT2D eigenvalue weighted by molar-refractivity contribution is 9.09. The number of aliphatic hydroxyl groups excluding tert-OH is 1. The summed E-state index contributed by atoms with van der Waals surface area (Å²) in [5.41, 5.74) is -3.39. The summed E-state index contributed by atoms with van der Waals surface area (Å²) in [5.74, 6) is -2.39. The van der Waals surface area contributed by atoms with Crippen molar-refractivity contribution in [1.29, 1.82) is 0 Å². The molecule has 5 nitrogen and oxygen atoms in total. The van der Waals surface area contributed by atoms with E-state index < -0.39 is 51.8 Å². The summed E-state index contributed by atoms with van der Waals surface area (Å²) in [6.07, 6.45) is 4.03. The second kappa shape index (κ2) is 7.47. The zero-order valence-corrected chi connectivity index (χ0v) is 21.0. The second-order valence-electron chi connectivity index (χ2n) is 10.4. The largest absolute Gasteiger partial charge is 0.458 e. The molecule has 9 atom stereocenters. The average Bonchev–Trinajstić information content (AvgIpc) is 2.89. The highest BCUT2D eigenvalue weighted by Crippen LogP contribution is 2.72. The Hall–Kier alpha value is -1.05. The maximum Gasteiger partial charge on any atom is 0.303 e. The lowest BCUT2D eigenvalue weighted by Crippen LogP contribution is -2.70. The molecule has 1 N–H and O–H groups in total. The van der Waals surface area contributed by atoms with Crippen molar-refractivity contribution in [3.8, 4) is 0 Å². The number of aliphatic hydroxyl groups is 1. The van der Waals surface area contributed by atoms with Gasteiger partial charge < -0.3 is 9.84 Å². The molecule has 0 spiro atoms. The average molecular weight is 532 g/mol. The van der Waals surface area contributed by atoms with E-state index >= 15 is 4.39 Å². The van der Waals surface area contributed by atoms with Crippen LogP contribution in [0.3, 0.4) is 0 Å². The number of carbonyl (C=O) groups excluding carboxylic acids is 3. The van der Waals surface area contributed by atoms with Crippen LogP contribution >= 0.6 is 27.5 Å². The number of alkyl halides is 3. The molecule has 0 amide bonds. The van der Waals surface area contributed by atoms with Crippen molar-refractivity contribution >= 4 is 45.1 Å². The minimum Gasteiger partial charge on any atom is -0.458 e. The van der Waals surface area contributed by atoms with Gasteiger partial charge in [0.2, 0.25) is 0 Å². The number of halogens is 3. The highest BCUT2D eigenvalue weighted by atomic mass is 79.9. The Morgan fingerprint density at radius 1 is 1.38 bits per heavy atom. The van der Waals surface area contributed by atoms with Crippen molar-refractivity contribution in [2.45, 2.75) is 68.4 Å². The van der Waals surface area contributed by atoms with Gasteiger partial charge >= 0.3 is 5.97 Å². The van der Waals surface area contributed by atoms with Crippen LogP contribution in [-0.4, -0.2) is 50.7 Å². The summed E-state index contributed by atoms with van der Waals surface area (Å²) < 4.78 is 22.2. The zero-order chi connectivity index (χ0) is 23.9. The van der Waals surface area contributed by atoms with Gasteiger partial charge in [-0.25, -0.2) is 4.39 Å². The number of hydrogen-bond donors (Lipinski definition) is 1. The molecule has 3 fully saturated rings. The van der Waals surface area contributed by atoms with E-state index in [-0.39, 0.29) is 28.9 Å². The number of ether oxygens (including phenoxy) is 1. The van der Waals surface area contributed by atoms with Crippen LogP contribution in [0.2, 0.25) is 0 Å². The van der Waals surface area contributed by atoms with Gasteiger partial charge in [0.25, 0.3) is 0 Å². The third-order valence-corrected chi connectivity index (χ3v) is 10.8. The van der Waals surface area contributed by atoms with E-state index in [1.165, 1.54) is 19.1 Å². The number of fused-ring (bicyclic) bond motifs is 5. The highest BCUT2D eigenvalue weighted by Gasteiger charge is 2.76. The Labute approximate surface area is 200 Å². The number of carbonyl (C=O) groups is 3. The quantitative estimate of drug-likeness (QED) is 0.438. The molecule has 0 aromatic carbocycles. The molecule has 0 radical (unpaired) electrons. The molecule has 8 heteroatoms. The first-order valence-corrected chi connectivity index (χ1v) is 12.3. The van der Waals surface area contributed by atoms with E-state index in [1.54, 1.807) is 13.0 Å². The van der Waals surface area contributed by atoms with E-state index in [4.69, 9.17) is 16.3 Å². The topological polar surface area (TPSA) is 80.7 Å². The summed E-state index contributed by atoms with van der Waals surface area (Å²) in [4.78, 5) is 34.8. The predicted octanol–water partition coefficient (Wildman–Crippen LogP) is 4.09. The monoisotopic (exact) mass is 530 g/mol. The molecular formula is C24H29BrClFO5. The van der Waals surface area contributed by atoms with Crippen LogP contribution < -0.4 is 0 Å². The molecule has 32 heavy (non-hydrogen) atoms. The summed E-state index contributed by atoms with van der Waals surface area (Å²) in [6, 6.07) is 0. The van der Waals surface area contributed by atoms with Gasteiger partial charge in [-0.3, -0.25) is 14.4 Å². The minimum absolute atomic E-state index is 0.00526. The predicted molar refractivity (Wildman–Crippen MR) is 121 cm³/mol. The number of rotatable bonds is 3. The Morgan fingerprint density at radius 3 is 2.66 bits per heavy atom. The molecule has 0 saturated heterocycles. The van der Waals surface area contributed by atoms with Gasteiger partial charge in [0.05, 0.1) is 6.10 Å². The number of esters is 1. The molecule has 176 valence electrons. The number of ketones is 2. The summed E-state index contributed by atoms with van der Waals surface area (Å²) in [7, 11) is 0. The van der Waals surface area contributed by atoms with Gasteiger partial charge in [-0.2, -0.15) is 0 Å². The maximum absolute atomic E-state index is 17.3. The molecule has 0 aromatic heterocycles. The molecule has 0 unspecified atom stereocenters. The fourth-order valence-corrected chi connectivity index (χ4v) is 8.79. The van der Waals surface area contributed by atoms with Gasteiger partial charge in [-0.15, -0.1) is 11.6 Å². The Bertz CT molecular complexity index is 951. The van der Waals surface area contributed by atoms with Crippen molar-refractivity contribution in [2.24, 2.45) is 28.6 Å². The van der Waals surface area contributed by atoms with E-state index in [1.807, 2.05) is 13.8 Å². The van der Waals surface area contributed by atoms with Crippen LogP contribution in [0.4, 0.5) is 4.39 Å². The van der Waals surface area contributed by atoms with Gasteiger partial charge in [0.15, 0.2) is 23.8 Å². The molecule has 3 saturated carbocycles. The second-order valence-corrected chi connectivity index (χ2v) is 12.2. The van der Waals surface area contributed by atoms with Crippen LogP contribution in [0, 0.1) is 28.6 Å². The summed E-state index contributed by atoms with van der Waals surface area (Å²) in [5, 5.41) is 11.4. The maximum atomic E-state index is 17.3. The first-order chi connectivity index (χ1) is 14.7. The number of hydrogen-bond acceptors (Lipinski definition) is 5. The third-order valence-electron chi connectivity index (χ3n) is 8.93. The molecule has 0 bridgehead atoms. The standard InChI is InChI=1S/C24H29BrClFO5/c1-12-7-16-20-17(25)9-14-8-15(29)5-6-21(14,3)24(20,27)18(30)10-22(16,4)23(12,26)19(31)11-32-13(2)28/h5-6,8,12,16-18,20,30H,7,9-11H2,1-4H3/t12-,16+,17-,18+,20-,21+,22+,23+,24-/m1/s1.